The fourth-order valence-corrected chi connectivity index (χ4v) is 4.48. The molecule has 1 atom stereocenters. The molecule has 0 unspecified atom stereocenters. The minimum Gasteiger partial charge on any atom is -0.507 e. The van der Waals surface area contributed by atoms with E-state index < -0.39 is 22.7 Å². The highest BCUT2D eigenvalue weighted by Gasteiger charge is 2.46. The maximum Gasteiger partial charge on any atom is 0.295 e. The number of Topliss-reactive ketones (excluding diaryl/α,β-unsaturated/α-hetero) is 1. The monoisotopic (exact) mass is 486 g/mol. The minimum absolute atomic E-state index is 0.0846. The molecule has 2 aliphatic rings. The molecule has 182 valence electrons. The lowest BCUT2D eigenvalue weighted by atomic mass is 9.95. The zero-order valence-corrected chi connectivity index (χ0v) is 19.1. The van der Waals surface area contributed by atoms with Crippen molar-refractivity contribution in [1.29, 1.82) is 0 Å². The van der Waals surface area contributed by atoms with Crippen LogP contribution in [0.3, 0.4) is 0 Å². The summed E-state index contributed by atoms with van der Waals surface area (Å²) in [7, 11) is 0. The van der Waals surface area contributed by atoms with Gasteiger partial charge in [-0.05, 0) is 47.9 Å². The minimum atomic E-state index is -0.914. The highest BCUT2D eigenvalue weighted by Crippen LogP contribution is 2.41. The predicted octanol–water partition coefficient (Wildman–Crippen LogP) is 4.03. The van der Waals surface area contributed by atoms with Crippen molar-refractivity contribution in [3.05, 3.63) is 105 Å². The van der Waals surface area contributed by atoms with Crippen molar-refractivity contribution < 1.29 is 29.1 Å². The van der Waals surface area contributed by atoms with Gasteiger partial charge >= 0.3 is 0 Å². The molecule has 9 heteroatoms. The number of rotatable bonds is 6. The highest BCUT2D eigenvalue weighted by atomic mass is 16.6. The third-order valence-electron chi connectivity index (χ3n) is 6.26. The number of ether oxygens (including phenoxy) is 2. The van der Waals surface area contributed by atoms with Crippen LogP contribution in [-0.2, 0) is 16.0 Å². The summed E-state index contributed by atoms with van der Waals surface area (Å²) >= 11 is 0. The van der Waals surface area contributed by atoms with Gasteiger partial charge in [-0.15, -0.1) is 0 Å². The van der Waals surface area contributed by atoms with E-state index in [2.05, 4.69) is 0 Å². The van der Waals surface area contributed by atoms with Crippen molar-refractivity contribution >= 4 is 23.1 Å². The first-order valence-corrected chi connectivity index (χ1v) is 11.4. The smallest absolute Gasteiger partial charge is 0.295 e. The fourth-order valence-electron chi connectivity index (χ4n) is 4.48. The number of nitrogens with zero attached hydrogens (tertiary/aromatic N) is 2. The van der Waals surface area contributed by atoms with E-state index in [0.717, 1.165) is 5.56 Å². The zero-order valence-electron chi connectivity index (χ0n) is 19.1. The fraction of sp³-hybridized carbons (Fsp3) is 0.185. The molecule has 1 fully saturated rings. The number of benzene rings is 3. The number of likely N-dealkylation sites (tertiary alicyclic amines) is 1. The molecule has 0 aliphatic carbocycles. The lowest BCUT2D eigenvalue weighted by Gasteiger charge is -2.25. The quantitative estimate of drug-likeness (QED) is 0.184. The first kappa shape index (κ1) is 23.1. The van der Waals surface area contributed by atoms with Crippen LogP contribution in [0.5, 0.6) is 11.5 Å². The number of non-ortho nitro benzene ring substituents is 1. The van der Waals surface area contributed by atoms with Gasteiger partial charge in [0.2, 0.25) is 0 Å². The molecule has 0 aromatic heterocycles. The Morgan fingerprint density at radius 3 is 2.36 bits per heavy atom. The lowest BCUT2D eigenvalue weighted by Crippen LogP contribution is -2.31. The van der Waals surface area contributed by atoms with Crippen LogP contribution < -0.4 is 9.47 Å². The molecule has 1 saturated heterocycles. The Morgan fingerprint density at radius 1 is 0.972 bits per heavy atom. The van der Waals surface area contributed by atoms with Crippen molar-refractivity contribution in [2.75, 3.05) is 19.8 Å². The molecular formula is C27H22N2O7. The van der Waals surface area contributed by atoms with Gasteiger partial charge in [0.25, 0.3) is 17.4 Å². The summed E-state index contributed by atoms with van der Waals surface area (Å²) in [6, 6.07) is 19.0. The molecular weight excluding hydrogens is 464 g/mol. The molecule has 2 aliphatic heterocycles. The average Bonchev–Trinajstić information content (AvgIpc) is 3.16. The van der Waals surface area contributed by atoms with Gasteiger partial charge in [-0.25, -0.2) is 0 Å². The van der Waals surface area contributed by atoms with Gasteiger partial charge in [0.05, 0.1) is 16.5 Å². The number of nitro groups is 1. The number of nitro benzene ring substituents is 1. The van der Waals surface area contributed by atoms with Crippen LogP contribution in [0.1, 0.15) is 22.7 Å². The van der Waals surface area contributed by atoms with Crippen LogP contribution in [-0.4, -0.2) is 46.4 Å². The van der Waals surface area contributed by atoms with Gasteiger partial charge in [0.1, 0.15) is 19.0 Å². The maximum absolute atomic E-state index is 13.2. The number of amides is 1. The summed E-state index contributed by atoms with van der Waals surface area (Å²) in [4.78, 5) is 38.4. The number of aliphatic hydroxyl groups is 1. The SMILES string of the molecule is O=C1C(=O)N(CCc2ccccc2)[C@@H](c2ccc([N+](=O)[O-])cc2)C1=C(O)c1ccc2c(c1)OCCO2. The third-order valence-corrected chi connectivity index (χ3v) is 6.26. The molecule has 0 saturated carbocycles. The van der Waals surface area contributed by atoms with Gasteiger partial charge in [-0.2, -0.15) is 0 Å². The van der Waals surface area contributed by atoms with Gasteiger partial charge in [0.15, 0.2) is 11.5 Å². The zero-order chi connectivity index (χ0) is 25.2. The van der Waals surface area contributed by atoms with E-state index in [1.165, 1.54) is 29.2 Å². The number of aliphatic hydroxyl groups excluding tert-OH is 1. The summed E-state index contributed by atoms with van der Waals surface area (Å²) < 4.78 is 11.1. The number of ketones is 1. The Hall–Kier alpha value is -4.66. The van der Waals surface area contributed by atoms with Crippen LogP contribution in [0.4, 0.5) is 5.69 Å². The molecule has 36 heavy (non-hydrogen) atoms. The van der Waals surface area contributed by atoms with E-state index in [9.17, 15) is 24.8 Å². The summed E-state index contributed by atoms with van der Waals surface area (Å²) in [6.07, 6.45) is 0.488. The number of carbonyl (C=O) groups excluding carboxylic acids is 2. The first-order chi connectivity index (χ1) is 17.4. The molecule has 1 amide bonds. The van der Waals surface area contributed by atoms with E-state index in [-0.39, 0.29) is 23.6 Å². The second-order valence-electron chi connectivity index (χ2n) is 8.44. The van der Waals surface area contributed by atoms with Gasteiger partial charge in [0, 0.05) is 24.2 Å². The van der Waals surface area contributed by atoms with Crippen molar-refractivity contribution in [3.63, 3.8) is 0 Å². The van der Waals surface area contributed by atoms with E-state index in [0.29, 0.717) is 42.3 Å². The molecule has 3 aromatic carbocycles. The van der Waals surface area contributed by atoms with E-state index in [1.54, 1.807) is 18.2 Å². The topological polar surface area (TPSA) is 119 Å². The number of hydrogen-bond donors (Lipinski definition) is 1. The maximum atomic E-state index is 13.2. The normalized spacial score (nSPS) is 18.3. The number of fused-ring (bicyclic) bond motifs is 1. The lowest BCUT2D eigenvalue weighted by molar-refractivity contribution is -0.384. The molecule has 0 bridgehead atoms. The van der Waals surface area contributed by atoms with Gasteiger partial charge in [-0.3, -0.25) is 19.7 Å². The number of carbonyl (C=O) groups is 2. The van der Waals surface area contributed by atoms with Crippen molar-refractivity contribution in [2.24, 2.45) is 0 Å². The summed E-state index contributed by atoms with van der Waals surface area (Å²) in [6.45, 7) is 0.975. The van der Waals surface area contributed by atoms with Crippen molar-refractivity contribution in [2.45, 2.75) is 12.5 Å². The van der Waals surface area contributed by atoms with Crippen LogP contribution in [0.15, 0.2) is 78.4 Å². The van der Waals surface area contributed by atoms with Crippen LogP contribution in [0, 0.1) is 10.1 Å². The van der Waals surface area contributed by atoms with Crippen molar-refractivity contribution in [1.82, 2.24) is 4.90 Å². The second kappa shape index (κ2) is 9.53. The Labute approximate surface area is 206 Å². The van der Waals surface area contributed by atoms with Crippen LogP contribution >= 0.6 is 0 Å². The second-order valence-corrected chi connectivity index (χ2v) is 8.44. The molecule has 1 N–H and O–H groups in total. The first-order valence-electron chi connectivity index (χ1n) is 11.4. The van der Waals surface area contributed by atoms with Crippen LogP contribution in [0.2, 0.25) is 0 Å². The molecule has 9 nitrogen and oxygen atoms in total. The summed E-state index contributed by atoms with van der Waals surface area (Å²) in [5, 5.41) is 22.4. The Morgan fingerprint density at radius 2 is 1.67 bits per heavy atom. The van der Waals surface area contributed by atoms with Crippen molar-refractivity contribution in [3.8, 4) is 11.5 Å². The molecule has 5 rings (SSSR count). The summed E-state index contributed by atoms with van der Waals surface area (Å²) in [5.41, 5.74) is 1.55. The largest absolute Gasteiger partial charge is 0.507 e. The van der Waals surface area contributed by atoms with E-state index >= 15 is 0 Å². The standard InChI is InChI=1S/C27H22N2O7/c30-25(19-8-11-21-22(16-19)36-15-14-35-21)23-24(18-6-9-20(10-7-18)29(33)34)28(27(32)26(23)31)13-12-17-4-2-1-3-5-17/h1-11,16,24,30H,12-15H2/t24-/m0/s1. The predicted molar refractivity (Wildman–Crippen MR) is 130 cm³/mol. The Kier molecular flexibility index (Phi) is 6.12. The van der Waals surface area contributed by atoms with E-state index in [1.807, 2.05) is 30.3 Å². The third kappa shape index (κ3) is 4.26. The van der Waals surface area contributed by atoms with Gasteiger partial charge < -0.3 is 19.5 Å². The molecule has 3 aromatic rings. The van der Waals surface area contributed by atoms with Crippen LogP contribution in [0.25, 0.3) is 5.76 Å². The number of hydrogen-bond acceptors (Lipinski definition) is 7. The highest BCUT2D eigenvalue weighted by molar-refractivity contribution is 6.46. The Balaban J connectivity index is 1.58. The molecule has 2 heterocycles. The molecule has 0 spiro atoms. The Bertz CT molecular complexity index is 1370. The summed E-state index contributed by atoms with van der Waals surface area (Å²) in [5.74, 6) is -0.966. The average molecular weight is 486 g/mol. The molecule has 0 radical (unpaired) electrons. The van der Waals surface area contributed by atoms with Gasteiger partial charge in [-0.1, -0.05) is 30.3 Å². The van der Waals surface area contributed by atoms with E-state index in [4.69, 9.17) is 9.47 Å².